The van der Waals surface area contributed by atoms with E-state index in [1.165, 1.54) is 30.6 Å². The lowest BCUT2D eigenvalue weighted by Crippen LogP contribution is -2.20. The summed E-state index contributed by atoms with van der Waals surface area (Å²) in [5.74, 6) is 1.87. The van der Waals surface area contributed by atoms with Crippen LogP contribution in [0.25, 0.3) is 0 Å². The van der Waals surface area contributed by atoms with Gasteiger partial charge in [-0.1, -0.05) is 6.92 Å². The summed E-state index contributed by atoms with van der Waals surface area (Å²) in [7, 11) is 1.69. The molecule has 1 unspecified atom stereocenters. The molecule has 114 valence electrons. The summed E-state index contributed by atoms with van der Waals surface area (Å²) in [6, 6.07) is 6.62. The first kappa shape index (κ1) is 14.8. The Bertz CT molecular complexity index is 564. The average molecular weight is 305 g/mol. The molecule has 21 heavy (non-hydrogen) atoms. The van der Waals surface area contributed by atoms with Crippen molar-refractivity contribution < 1.29 is 9.15 Å². The van der Waals surface area contributed by atoms with Gasteiger partial charge in [-0.15, -0.1) is 11.3 Å². The van der Waals surface area contributed by atoms with Crippen LogP contribution in [-0.2, 0) is 24.2 Å². The first-order valence-corrected chi connectivity index (χ1v) is 8.56. The van der Waals surface area contributed by atoms with E-state index in [1.54, 1.807) is 17.6 Å². The molecule has 1 atom stereocenters. The van der Waals surface area contributed by atoms with Gasteiger partial charge < -0.3 is 14.5 Å². The van der Waals surface area contributed by atoms with Crippen molar-refractivity contribution in [2.45, 2.75) is 45.3 Å². The van der Waals surface area contributed by atoms with Gasteiger partial charge in [-0.3, -0.25) is 0 Å². The summed E-state index contributed by atoms with van der Waals surface area (Å²) in [4.78, 5) is 2.95. The summed E-state index contributed by atoms with van der Waals surface area (Å²) in [5.41, 5.74) is 1.55. The van der Waals surface area contributed by atoms with Crippen molar-refractivity contribution in [2.24, 2.45) is 0 Å². The highest BCUT2D eigenvalue weighted by Gasteiger charge is 2.22. The lowest BCUT2D eigenvalue weighted by Gasteiger charge is -2.13. The van der Waals surface area contributed by atoms with Crippen molar-refractivity contribution in [2.75, 3.05) is 13.7 Å². The number of fused-ring (bicyclic) bond motifs is 1. The van der Waals surface area contributed by atoms with Crippen LogP contribution in [0.1, 0.15) is 52.6 Å². The topological polar surface area (TPSA) is 34.4 Å². The summed E-state index contributed by atoms with van der Waals surface area (Å²) in [6.07, 6.45) is 5.13. The number of furan rings is 1. The highest BCUT2D eigenvalue weighted by Crippen LogP contribution is 2.35. The van der Waals surface area contributed by atoms with E-state index >= 15 is 0 Å². The van der Waals surface area contributed by atoms with E-state index in [-0.39, 0.29) is 6.04 Å². The van der Waals surface area contributed by atoms with Crippen LogP contribution in [0.5, 0.6) is 0 Å². The minimum Gasteiger partial charge on any atom is -0.462 e. The summed E-state index contributed by atoms with van der Waals surface area (Å²) >= 11 is 1.95. The van der Waals surface area contributed by atoms with Crippen molar-refractivity contribution >= 4 is 11.3 Å². The molecule has 1 N–H and O–H groups in total. The Kier molecular flexibility index (Phi) is 4.78. The highest BCUT2D eigenvalue weighted by molar-refractivity contribution is 7.12. The molecule has 1 aliphatic carbocycles. The molecule has 2 aromatic rings. The second-order valence-electron chi connectivity index (χ2n) is 5.53. The van der Waals surface area contributed by atoms with Crippen molar-refractivity contribution in [3.63, 3.8) is 0 Å². The Labute approximate surface area is 130 Å². The van der Waals surface area contributed by atoms with Crippen LogP contribution < -0.4 is 5.32 Å². The number of methoxy groups -OCH3 is 1. The maximum Gasteiger partial charge on any atom is 0.129 e. The van der Waals surface area contributed by atoms with Crippen LogP contribution in [0.4, 0.5) is 0 Å². The largest absolute Gasteiger partial charge is 0.462 e. The van der Waals surface area contributed by atoms with Gasteiger partial charge in [-0.25, -0.2) is 0 Å². The zero-order valence-electron chi connectivity index (χ0n) is 12.8. The molecular weight excluding hydrogens is 282 g/mol. The standard InChI is InChI=1S/C17H23NO2S/c1-3-18-17(14-9-8-13(20-14)11-19-2)16-10-12-6-4-5-7-15(12)21-16/h8-10,17-18H,3-7,11H2,1-2H3. The molecule has 4 heteroatoms. The zero-order chi connectivity index (χ0) is 14.7. The third kappa shape index (κ3) is 3.23. The number of aryl methyl sites for hydroxylation is 2. The molecule has 1 aliphatic rings. The lowest BCUT2D eigenvalue weighted by molar-refractivity contribution is 0.162. The molecule has 0 fully saturated rings. The van der Waals surface area contributed by atoms with E-state index < -0.39 is 0 Å². The van der Waals surface area contributed by atoms with Gasteiger partial charge >= 0.3 is 0 Å². The van der Waals surface area contributed by atoms with Crippen LogP contribution in [0, 0.1) is 0 Å². The van der Waals surface area contributed by atoms with Gasteiger partial charge in [0, 0.05) is 16.9 Å². The fraction of sp³-hybridized carbons (Fsp3) is 0.529. The van der Waals surface area contributed by atoms with Crippen molar-refractivity contribution in [1.29, 1.82) is 0 Å². The van der Waals surface area contributed by atoms with E-state index in [4.69, 9.17) is 9.15 Å². The van der Waals surface area contributed by atoms with Gasteiger partial charge in [0.15, 0.2) is 0 Å². The molecule has 0 amide bonds. The van der Waals surface area contributed by atoms with Gasteiger partial charge in [-0.05, 0) is 56.0 Å². The predicted molar refractivity (Wildman–Crippen MR) is 85.9 cm³/mol. The zero-order valence-corrected chi connectivity index (χ0v) is 13.6. The number of thiophene rings is 1. The maximum absolute atomic E-state index is 5.94. The number of hydrogen-bond donors (Lipinski definition) is 1. The summed E-state index contributed by atoms with van der Waals surface area (Å²) in [5, 5.41) is 3.56. The SMILES string of the molecule is CCNC(c1ccc(COC)o1)c1cc2c(s1)CCCC2. The molecule has 3 nitrogen and oxygen atoms in total. The monoisotopic (exact) mass is 305 g/mol. The average Bonchev–Trinajstić information content (AvgIpc) is 3.11. The molecule has 0 radical (unpaired) electrons. The smallest absolute Gasteiger partial charge is 0.129 e. The third-order valence-electron chi connectivity index (χ3n) is 3.96. The van der Waals surface area contributed by atoms with Crippen molar-refractivity contribution in [3.8, 4) is 0 Å². The first-order valence-electron chi connectivity index (χ1n) is 7.74. The second kappa shape index (κ2) is 6.77. The highest BCUT2D eigenvalue weighted by atomic mass is 32.1. The number of rotatable bonds is 6. The Hall–Kier alpha value is -1.10. The van der Waals surface area contributed by atoms with Crippen LogP contribution in [-0.4, -0.2) is 13.7 Å². The number of hydrogen-bond acceptors (Lipinski definition) is 4. The lowest BCUT2D eigenvalue weighted by atomic mass is 9.98. The molecule has 3 rings (SSSR count). The quantitative estimate of drug-likeness (QED) is 0.874. The Morgan fingerprint density at radius 2 is 2.19 bits per heavy atom. The van der Waals surface area contributed by atoms with Gasteiger partial charge in [0.25, 0.3) is 0 Å². The fourth-order valence-corrected chi connectivity index (χ4v) is 4.31. The number of nitrogens with one attached hydrogen (secondary N) is 1. The molecular formula is C17H23NO2S. The summed E-state index contributed by atoms with van der Waals surface area (Å²) < 4.78 is 11.1. The predicted octanol–water partition coefficient (Wildman–Crippen LogP) is 4.07. The second-order valence-corrected chi connectivity index (χ2v) is 6.70. The van der Waals surface area contributed by atoms with E-state index in [1.807, 2.05) is 17.4 Å². The van der Waals surface area contributed by atoms with Crippen LogP contribution >= 0.6 is 11.3 Å². The molecule has 0 saturated heterocycles. The van der Waals surface area contributed by atoms with E-state index in [2.05, 4.69) is 24.4 Å². The first-order chi connectivity index (χ1) is 10.3. The van der Waals surface area contributed by atoms with Crippen molar-refractivity contribution in [1.82, 2.24) is 5.32 Å². The Morgan fingerprint density at radius 3 is 2.95 bits per heavy atom. The van der Waals surface area contributed by atoms with E-state index in [9.17, 15) is 0 Å². The van der Waals surface area contributed by atoms with Crippen LogP contribution in [0.15, 0.2) is 22.6 Å². The van der Waals surface area contributed by atoms with Crippen LogP contribution in [0.3, 0.4) is 0 Å². The maximum atomic E-state index is 5.94. The minimum atomic E-state index is 0.163. The molecule has 0 aliphatic heterocycles. The number of ether oxygens (including phenoxy) is 1. The molecule has 2 heterocycles. The fourth-order valence-electron chi connectivity index (χ4n) is 2.97. The Morgan fingerprint density at radius 1 is 1.33 bits per heavy atom. The molecule has 0 aromatic carbocycles. The molecule has 0 saturated carbocycles. The van der Waals surface area contributed by atoms with Gasteiger partial charge in [0.2, 0.25) is 0 Å². The van der Waals surface area contributed by atoms with Gasteiger partial charge in [0.05, 0.1) is 0 Å². The van der Waals surface area contributed by atoms with Gasteiger partial charge in [-0.2, -0.15) is 0 Å². The Balaban J connectivity index is 1.87. The molecule has 2 aromatic heterocycles. The molecule has 0 bridgehead atoms. The summed E-state index contributed by atoms with van der Waals surface area (Å²) in [6.45, 7) is 3.59. The third-order valence-corrected chi connectivity index (χ3v) is 5.26. The normalized spacial score (nSPS) is 15.9. The van der Waals surface area contributed by atoms with Crippen molar-refractivity contribution in [3.05, 3.63) is 45.0 Å². The van der Waals surface area contributed by atoms with E-state index in [0.717, 1.165) is 18.1 Å². The molecule has 0 spiro atoms. The van der Waals surface area contributed by atoms with E-state index in [0.29, 0.717) is 6.61 Å². The van der Waals surface area contributed by atoms with Gasteiger partial charge in [0.1, 0.15) is 24.2 Å². The van der Waals surface area contributed by atoms with Crippen LogP contribution in [0.2, 0.25) is 0 Å². The minimum absolute atomic E-state index is 0.163.